The number of fused-ring (bicyclic) bond motifs is 3. The third kappa shape index (κ3) is 3.20. The SMILES string of the molecule is [2H]C([2H])([2H])Oc1cc2c(cc1OC([2H])([2H])[2H])[C@@H]1C[C@@]([2H])(O)[C@@H](C([2H])([2H])C([2H])(C)C([2H])([2H])[2H])CN1CC2. The van der Waals surface area contributed by atoms with Gasteiger partial charge in [-0.2, -0.15) is 0 Å². The lowest BCUT2D eigenvalue weighted by molar-refractivity contribution is -0.0191. The van der Waals surface area contributed by atoms with Crippen molar-refractivity contribution in [1.29, 1.82) is 0 Å². The molecule has 1 saturated heterocycles. The van der Waals surface area contributed by atoms with Gasteiger partial charge in [0.25, 0.3) is 0 Å². The molecule has 4 nitrogen and oxygen atoms in total. The maximum absolute atomic E-state index is 11.0. The molecule has 1 N–H and O–H groups in total. The number of rotatable bonds is 4. The van der Waals surface area contributed by atoms with Crippen molar-refractivity contribution >= 4 is 0 Å². The summed E-state index contributed by atoms with van der Waals surface area (Å²) in [5.41, 5.74) is 1.03. The number of methoxy groups -OCH3 is 2. The van der Waals surface area contributed by atoms with Gasteiger partial charge < -0.3 is 14.6 Å². The van der Waals surface area contributed by atoms with Gasteiger partial charge in [-0.1, -0.05) is 13.8 Å². The van der Waals surface area contributed by atoms with Crippen LogP contribution in [0.1, 0.15) is 61.6 Å². The van der Waals surface area contributed by atoms with Crippen LogP contribution in [-0.2, 0) is 6.42 Å². The molecule has 1 aromatic rings. The molecule has 2 aliphatic heterocycles. The molecule has 0 amide bonds. The van der Waals surface area contributed by atoms with Crippen molar-refractivity contribution in [3.63, 3.8) is 0 Å². The Hall–Kier alpha value is -1.26. The summed E-state index contributed by atoms with van der Waals surface area (Å²) in [5, 5.41) is 11.0. The summed E-state index contributed by atoms with van der Waals surface area (Å²) in [7, 11) is -5.80. The van der Waals surface area contributed by atoms with E-state index < -0.39 is 51.2 Å². The predicted octanol–water partition coefficient (Wildman–Crippen LogP) is 3.03. The average molecular weight is 333 g/mol. The molecule has 0 aromatic heterocycles. The molecule has 3 rings (SSSR count). The highest BCUT2D eigenvalue weighted by atomic mass is 16.5. The van der Waals surface area contributed by atoms with Gasteiger partial charge in [0, 0.05) is 27.4 Å². The van der Waals surface area contributed by atoms with Gasteiger partial charge in [-0.3, -0.25) is 4.90 Å². The van der Waals surface area contributed by atoms with E-state index in [1.165, 1.54) is 12.1 Å². The van der Waals surface area contributed by atoms with Gasteiger partial charge >= 0.3 is 0 Å². The smallest absolute Gasteiger partial charge is 0.161 e. The first-order chi connectivity index (χ1) is 16.0. The van der Waals surface area contributed by atoms with Crippen molar-refractivity contribution in [3.05, 3.63) is 23.3 Å². The summed E-state index contributed by atoms with van der Waals surface area (Å²) in [4.78, 5) is 1.74. The minimum Gasteiger partial charge on any atom is -0.493 e. The van der Waals surface area contributed by atoms with E-state index in [1.54, 1.807) is 4.90 Å². The van der Waals surface area contributed by atoms with E-state index in [4.69, 9.17) is 27.3 Å². The summed E-state index contributed by atoms with van der Waals surface area (Å²) in [5.74, 6) is -4.81. The summed E-state index contributed by atoms with van der Waals surface area (Å²) >= 11 is 0. The van der Waals surface area contributed by atoms with E-state index in [0.29, 0.717) is 24.1 Å². The topological polar surface area (TPSA) is 41.9 Å². The zero-order valence-electron chi connectivity index (χ0n) is 25.8. The lowest BCUT2D eigenvalue weighted by atomic mass is 9.79. The second-order valence-corrected chi connectivity index (χ2v) is 5.98. The number of benzene rings is 1. The maximum Gasteiger partial charge on any atom is 0.161 e. The lowest BCUT2D eigenvalue weighted by Gasteiger charge is -2.46. The van der Waals surface area contributed by atoms with Crippen LogP contribution in [-0.4, -0.2) is 43.3 Å². The Morgan fingerprint density at radius 1 is 1.48 bits per heavy atom. The first-order valence-corrected chi connectivity index (χ1v) is 7.48. The number of nitrogens with zero attached hydrogens (tertiary/aromatic N) is 1. The zero-order valence-corrected chi connectivity index (χ0v) is 12.8. The third-order valence-electron chi connectivity index (χ3n) is 4.51. The summed E-state index contributed by atoms with van der Waals surface area (Å²) in [6.45, 7) is -2.02. The Morgan fingerprint density at radius 2 is 2.26 bits per heavy atom. The first-order valence-electron chi connectivity index (χ1n) is 14.0. The highest BCUT2D eigenvalue weighted by molar-refractivity contribution is 5.49. The largest absolute Gasteiger partial charge is 0.493 e. The van der Waals surface area contributed by atoms with E-state index in [9.17, 15) is 5.11 Å². The molecular formula is C19H29NO3. The Labute approximate surface area is 157 Å². The Morgan fingerprint density at radius 3 is 3.00 bits per heavy atom. The van der Waals surface area contributed by atoms with Gasteiger partial charge in [0.2, 0.25) is 0 Å². The van der Waals surface area contributed by atoms with Crippen LogP contribution >= 0.6 is 0 Å². The molecule has 2 heterocycles. The van der Waals surface area contributed by atoms with Crippen LogP contribution < -0.4 is 9.47 Å². The second-order valence-electron chi connectivity index (χ2n) is 5.98. The molecule has 0 saturated carbocycles. The molecule has 4 heteroatoms. The number of piperidine rings is 1. The van der Waals surface area contributed by atoms with Crippen LogP contribution in [0.5, 0.6) is 11.5 Å². The molecule has 4 atom stereocenters. The van der Waals surface area contributed by atoms with Gasteiger partial charge in [0.15, 0.2) is 11.5 Å². The van der Waals surface area contributed by atoms with E-state index in [2.05, 4.69) is 0 Å². The molecule has 128 valence electrons. The number of hydrogen-bond donors (Lipinski definition) is 1. The zero-order chi connectivity index (χ0) is 27.7. The van der Waals surface area contributed by atoms with Crippen LogP contribution in [0.4, 0.5) is 0 Å². The fourth-order valence-electron chi connectivity index (χ4n) is 3.45. The Balaban J connectivity index is 2.02. The Bertz CT molecular complexity index is 985. The third-order valence-corrected chi connectivity index (χ3v) is 4.51. The molecule has 0 bridgehead atoms. The van der Waals surface area contributed by atoms with Crippen molar-refractivity contribution in [3.8, 4) is 11.5 Å². The summed E-state index contributed by atoms with van der Waals surface area (Å²) in [6.07, 6.45) is -5.28. The monoisotopic (exact) mass is 332 g/mol. The minimum absolute atomic E-state index is 0.232. The van der Waals surface area contributed by atoms with Crippen molar-refractivity contribution in [2.45, 2.75) is 45.1 Å². The van der Waals surface area contributed by atoms with Gasteiger partial charge in [0.05, 0.1) is 29.8 Å². The fourth-order valence-corrected chi connectivity index (χ4v) is 3.45. The van der Waals surface area contributed by atoms with Crippen LogP contribution in [0.3, 0.4) is 0 Å². The van der Waals surface area contributed by atoms with Crippen LogP contribution in [0, 0.1) is 11.8 Å². The standard InChI is InChI=1S/C19H29NO3/c1-12(2)7-14-11-20-6-5-13-8-18(22-3)19(23-4)9-15(13)16(20)10-17(14)21/h8-9,12,14,16-17,21H,5-7,10-11H2,1-4H3/t14-,16-,17+/m0/s1/i1D3,3D3,4D3,7D2,12D,17D/t12?,14-,16-,17+. The molecule has 1 unspecified atom stereocenters. The van der Waals surface area contributed by atoms with E-state index in [0.717, 1.165) is 6.92 Å². The summed E-state index contributed by atoms with van der Waals surface area (Å²) in [6, 6.07) is 1.94. The van der Waals surface area contributed by atoms with Gasteiger partial charge in [0.1, 0.15) is 0 Å². The number of ether oxygens (including phenoxy) is 2. The predicted molar refractivity (Wildman–Crippen MR) is 91.1 cm³/mol. The van der Waals surface area contributed by atoms with Gasteiger partial charge in [-0.05, 0) is 54.3 Å². The normalized spacial score (nSPS) is 43.8. The first kappa shape index (κ1) is 6.93. The maximum atomic E-state index is 11.0. The molecule has 1 aromatic carbocycles. The van der Waals surface area contributed by atoms with Crippen LogP contribution in [0.2, 0.25) is 0 Å². The van der Waals surface area contributed by atoms with E-state index in [1.807, 2.05) is 0 Å². The van der Waals surface area contributed by atoms with Crippen molar-refractivity contribution in [2.24, 2.45) is 11.8 Å². The summed E-state index contributed by atoms with van der Waals surface area (Å²) < 4.78 is 111. The molecule has 0 radical (unpaired) electrons. The quantitative estimate of drug-likeness (QED) is 0.920. The molecule has 2 aliphatic rings. The molecular weight excluding hydrogens is 290 g/mol. The van der Waals surface area contributed by atoms with E-state index >= 15 is 0 Å². The van der Waals surface area contributed by atoms with Crippen molar-refractivity contribution < 1.29 is 32.4 Å². The number of aliphatic hydroxyl groups is 1. The minimum atomic E-state index is -3.02. The highest BCUT2D eigenvalue weighted by Gasteiger charge is 2.38. The van der Waals surface area contributed by atoms with Crippen LogP contribution in [0.25, 0.3) is 0 Å². The molecule has 0 spiro atoms. The molecule has 1 fully saturated rings. The average Bonchev–Trinajstić information content (AvgIpc) is 2.64. The van der Waals surface area contributed by atoms with Crippen molar-refractivity contribution in [2.75, 3.05) is 27.2 Å². The molecule has 23 heavy (non-hydrogen) atoms. The van der Waals surface area contributed by atoms with Gasteiger partial charge in [-0.15, -0.1) is 0 Å². The molecule has 0 aliphatic carbocycles. The highest BCUT2D eigenvalue weighted by Crippen LogP contribution is 2.43. The van der Waals surface area contributed by atoms with E-state index in [-0.39, 0.29) is 24.5 Å². The Kier molecular flexibility index (Phi) is 2.02. The number of hydrogen-bond acceptors (Lipinski definition) is 4. The lowest BCUT2D eigenvalue weighted by Crippen LogP contribution is -2.48. The second kappa shape index (κ2) is 6.70. The van der Waals surface area contributed by atoms with Crippen molar-refractivity contribution in [1.82, 2.24) is 4.90 Å². The van der Waals surface area contributed by atoms with Gasteiger partial charge in [-0.25, -0.2) is 0 Å². The van der Waals surface area contributed by atoms with Crippen LogP contribution in [0.15, 0.2) is 12.1 Å². The fraction of sp³-hybridized carbons (Fsp3) is 0.684.